The molecule has 28 heavy (non-hydrogen) atoms. The van der Waals surface area contributed by atoms with Crippen LogP contribution in [0.2, 0.25) is 0 Å². The van der Waals surface area contributed by atoms with Crippen LogP contribution in [0.4, 0.5) is 5.69 Å². The van der Waals surface area contributed by atoms with Crippen LogP contribution in [-0.4, -0.2) is 41.5 Å². The minimum absolute atomic E-state index is 0.0921. The molecule has 4 heteroatoms. The predicted molar refractivity (Wildman–Crippen MR) is 117 cm³/mol. The Labute approximate surface area is 169 Å². The van der Waals surface area contributed by atoms with Gasteiger partial charge in [0.15, 0.2) is 0 Å². The largest absolute Gasteiger partial charge is 0.358 e. The van der Waals surface area contributed by atoms with Gasteiger partial charge in [-0.1, -0.05) is 27.7 Å². The van der Waals surface area contributed by atoms with Crippen LogP contribution in [0.5, 0.6) is 0 Å². The number of aromatic nitrogens is 1. The molecule has 0 radical (unpaired) electrons. The van der Waals surface area contributed by atoms with Gasteiger partial charge in [-0.15, -0.1) is 0 Å². The number of carbonyl (C=O) groups excluding carboxylic acids is 1. The Bertz CT molecular complexity index is 835. The summed E-state index contributed by atoms with van der Waals surface area (Å²) in [5.74, 6) is 0.598. The summed E-state index contributed by atoms with van der Waals surface area (Å²) < 4.78 is 0. The van der Waals surface area contributed by atoms with E-state index in [1.807, 2.05) is 0 Å². The summed E-state index contributed by atoms with van der Waals surface area (Å²) >= 11 is 0. The molecule has 0 bridgehead atoms. The van der Waals surface area contributed by atoms with Gasteiger partial charge in [0.2, 0.25) is 5.91 Å². The molecule has 1 aliphatic carbocycles. The molecule has 2 fully saturated rings. The van der Waals surface area contributed by atoms with E-state index in [0.29, 0.717) is 11.9 Å². The molecular weight excluding hydrogens is 346 g/mol. The van der Waals surface area contributed by atoms with Crippen molar-refractivity contribution in [3.8, 4) is 0 Å². The van der Waals surface area contributed by atoms with E-state index < -0.39 is 0 Å². The van der Waals surface area contributed by atoms with E-state index >= 15 is 0 Å². The molecule has 2 aromatic rings. The number of hydrogen-bond acceptors (Lipinski definition) is 2. The molecule has 4 rings (SSSR count). The number of aromatic amines is 1. The van der Waals surface area contributed by atoms with Crippen molar-refractivity contribution in [1.29, 1.82) is 0 Å². The fourth-order valence-electron chi connectivity index (χ4n) is 4.44. The lowest BCUT2D eigenvalue weighted by molar-refractivity contribution is -0.120. The molecule has 0 unspecified atom stereocenters. The van der Waals surface area contributed by atoms with Gasteiger partial charge in [-0.25, -0.2) is 0 Å². The molecule has 1 saturated carbocycles. The highest BCUT2D eigenvalue weighted by molar-refractivity contribution is 5.99. The van der Waals surface area contributed by atoms with Crippen LogP contribution in [0.15, 0.2) is 24.3 Å². The number of amides is 1. The first kappa shape index (κ1) is 19.5. The number of benzene rings is 1. The van der Waals surface area contributed by atoms with Crippen LogP contribution in [0.1, 0.15) is 65.5 Å². The van der Waals surface area contributed by atoms with E-state index in [1.165, 1.54) is 24.0 Å². The lowest BCUT2D eigenvalue weighted by atomic mass is 9.92. The minimum atomic E-state index is 0.0921. The van der Waals surface area contributed by atoms with Crippen molar-refractivity contribution in [2.45, 2.75) is 71.3 Å². The van der Waals surface area contributed by atoms with Crippen molar-refractivity contribution in [3.63, 3.8) is 0 Å². The predicted octanol–water partition coefficient (Wildman–Crippen LogP) is 5.08. The summed E-state index contributed by atoms with van der Waals surface area (Å²) in [6, 6.07) is 9.10. The van der Waals surface area contributed by atoms with Gasteiger partial charge in [0.1, 0.15) is 0 Å². The maximum Gasteiger partial charge on any atom is 0.230 e. The second-order valence-electron chi connectivity index (χ2n) is 9.76. The van der Waals surface area contributed by atoms with Crippen LogP contribution in [0, 0.1) is 5.92 Å². The van der Waals surface area contributed by atoms with Gasteiger partial charge in [0.25, 0.3) is 0 Å². The van der Waals surface area contributed by atoms with Gasteiger partial charge in [-0.3, -0.25) is 4.79 Å². The zero-order valence-electron chi connectivity index (χ0n) is 17.9. The molecule has 2 heterocycles. The van der Waals surface area contributed by atoms with Gasteiger partial charge in [0.05, 0.1) is 0 Å². The number of piperidine rings is 1. The van der Waals surface area contributed by atoms with Crippen molar-refractivity contribution in [2.75, 3.05) is 24.5 Å². The van der Waals surface area contributed by atoms with Gasteiger partial charge in [-0.2, -0.15) is 0 Å². The lowest BCUT2D eigenvalue weighted by Gasteiger charge is -2.38. The van der Waals surface area contributed by atoms with Crippen molar-refractivity contribution in [3.05, 3.63) is 30.0 Å². The monoisotopic (exact) mass is 381 g/mol. The summed E-state index contributed by atoms with van der Waals surface area (Å²) in [6.07, 6.45) is 5.48. The van der Waals surface area contributed by atoms with Gasteiger partial charge in [-0.05, 0) is 62.9 Å². The number of likely N-dealkylation sites (tertiary alicyclic amines) is 1. The molecule has 1 aliphatic heterocycles. The van der Waals surface area contributed by atoms with Gasteiger partial charge >= 0.3 is 0 Å². The fraction of sp³-hybridized carbons (Fsp3) is 0.625. The third-order valence-electron chi connectivity index (χ3n) is 6.32. The second-order valence-corrected chi connectivity index (χ2v) is 9.76. The number of nitrogens with zero attached hydrogens (tertiary/aromatic N) is 2. The van der Waals surface area contributed by atoms with E-state index in [1.54, 1.807) is 0 Å². The normalized spacial score (nSPS) is 19.3. The van der Waals surface area contributed by atoms with Crippen molar-refractivity contribution in [2.24, 2.45) is 5.92 Å². The Morgan fingerprint density at radius 1 is 1.14 bits per heavy atom. The average molecular weight is 382 g/mol. The fourth-order valence-corrected chi connectivity index (χ4v) is 4.44. The highest BCUT2D eigenvalue weighted by Crippen LogP contribution is 2.36. The Balaban J connectivity index is 1.62. The third-order valence-corrected chi connectivity index (χ3v) is 6.32. The van der Waals surface area contributed by atoms with Crippen LogP contribution >= 0.6 is 0 Å². The Kier molecular flexibility index (Phi) is 5.26. The summed E-state index contributed by atoms with van der Waals surface area (Å²) in [5.41, 5.74) is 3.57. The summed E-state index contributed by atoms with van der Waals surface area (Å²) in [6.45, 7) is 12.3. The van der Waals surface area contributed by atoms with E-state index in [9.17, 15) is 4.79 Å². The van der Waals surface area contributed by atoms with Gasteiger partial charge in [0, 0.05) is 52.7 Å². The first-order chi connectivity index (χ1) is 13.4. The average Bonchev–Trinajstić information content (AvgIpc) is 3.41. The van der Waals surface area contributed by atoms with Gasteiger partial charge < -0.3 is 14.8 Å². The van der Waals surface area contributed by atoms with Crippen LogP contribution in [0.3, 0.4) is 0 Å². The topological polar surface area (TPSA) is 39.3 Å². The number of nitrogens with one attached hydrogen (secondary N) is 1. The van der Waals surface area contributed by atoms with E-state index in [-0.39, 0.29) is 11.3 Å². The molecule has 0 spiro atoms. The number of fused-ring (bicyclic) bond motifs is 1. The number of hydrogen-bond donors (Lipinski definition) is 1. The first-order valence-electron chi connectivity index (χ1n) is 11.1. The molecule has 152 valence electrons. The molecule has 0 atom stereocenters. The lowest BCUT2D eigenvalue weighted by Crippen LogP contribution is -2.48. The number of carbonyl (C=O) groups is 1. The molecule has 1 saturated heterocycles. The van der Waals surface area contributed by atoms with Crippen molar-refractivity contribution in [1.82, 2.24) is 9.88 Å². The molecule has 1 amide bonds. The molecular formula is C24H35N3O. The number of H-pyrrole nitrogens is 1. The highest BCUT2D eigenvalue weighted by atomic mass is 16.2. The third kappa shape index (κ3) is 3.98. The zero-order chi connectivity index (χ0) is 19.9. The molecule has 2 aliphatic rings. The number of anilines is 1. The Hall–Kier alpha value is -1.81. The molecule has 4 nitrogen and oxygen atoms in total. The first-order valence-corrected chi connectivity index (χ1v) is 11.1. The molecule has 1 aromatic carbocycles. The summed E-state index contributed by atoms with van der Waals surface area (Å²) in [7, 11) is 0. The Morgan fingerprint density at radius 2 is 1.86 bits per heavy atom. The standard InChI is InChI=1S/C24H35N3O/c1-5-12-26-13-10-19(11-14-26)27(23(28)17-6-7-17)20-8-9-21-18(15-20)16-22(25-21)24(2,3)4/h8-9,15-17,19,25H,5-7,10-14H2,1-4H3. The summed E-state index contributed by atoms with van der Waals surface area (Å²) in [4.78, 5) is 21.5. The highest BCUT2D eigenvalue weighted by Gasteiger charge is 2.38. The van der Waals surface area contributed by atoms with E-state index in [2.05, 4.69) is 66.7 Å². The van der Waals surface area contributed by atoms with Crippen LogP contribution in [0.25, 0.3) is 10.9 Å². The SMILES string of the molecule is CCCN1CCC(N(C(=O)C2CC2)c2ccc3[nH]c(C(C)(C)C)cc3c2)CC1. The van der Waals surface area contributed by atoms with Crippen LogP contribution < -0.4 is 4.90 Å². The van der Waals surface area contributed by atoms with Crippen molar-refractivity contribution < 1.29 is 4.79 Å². The van der Waals surface area contributed by atoms with Crippen molar-refractivity contribution >= 4 is 22.5 Å². The van der Waals surface area contributed by atoms with E-state index in [4.69, 9.17) is 0 Å². The molecule has 1 N–H and O–H groups in total. The molecule has 1 aromatic heterocycles. The second kappa shape index (κ2) is 7.55. The van der Waals surface area contributed by atoms with E-state index in [0.717, 1.165) is 50.0 Å². The maximum absolute atomic E-state index is 13.2. The Morgan fingerprint density at radius 3 is 2.46 bits per heavy atom. The number of rotatable bonds is 5. The zero-order valence-corrected chi connectivity index (χ0v) is 17.9. The quantitative estimate of drug-likeness (QED) is 0.784. The maximum atomic E-state index is 13.2. The van der Waals surface area contributed by atoms with Crippen LogP contribution in [-0.2, 0) is 10.2 Å². The summed E-state index contributed by atoms with van der Waals surface area (Å²) in [5, 5.41) is 1.21. The smallest absolute Gasteiger partial charge is 0.230 e. The minimum Gasteiger partial charge on any atom is -0.358 e.